The molecule has 0 fully saturated rings. The lowest BCUT2D eigenvalue weighted by molar-refractivity contribution is 0.0272. The highest BCUT2D eigenvalue weighted by Crippen LogP contribution is 2.26. The maximum Gasteiger partial charge on any atom is 0.360 e. The van der Waals surface area contributed by atoms with Crippen molar-refractivity contribution in [2.75, 3.05) is 6.61 Å². The number of aromatic nitrogens is 4. The number of carbonyl (C=O) groups is 1. The first-order chi connectivity index (χ1) is 14.1. The summed E-state index contributed by atoms with van der Waals surface area (Å²) in [6.07, 6.45) is -0.817. The zero-order chi connectivity index (χ0) is 20.4. The number of benzene rings is 1. The molecule has 4 aromatic rings. The molecular formula is C19H16N4O5S. The number of fused-ring (bicyclic) bond motifs is 1. The zero-order valence-electron chi connectivity index (χ0n) is 15.3. The molecule has 9 nitrogen and oxygen atoms in total. The Morgan fingerprint density at radius 2 is 2.03 bits per heavy atom. The van der Waals surface area contributed by atoms with Crippen molar-refractivity contribution < 1.29 is 19.1 Å². The van der Waals surface area contributed by atoms with Crippen LogP contribution in [0.3, 0.4) is 0 Å². The van der Waals surface area contributed by atoms with Crippen molar-refractivity contribution in [1.82, 2.24) is 20.0 Å². The van der Waals surface area contributed by atoms with Gasteiger partial charge in [0.25, 0.3) is 17.3 Å². The largest absolute Gasteiger partial charge is 0.448 e. The summed E-state index contributed by atoms with van der Waals surface area (Å²) < 4.78 is 12.1. The Kier molecular flexibility index (Phi) is 5.19. The van der Waals surface area contributed by atoms with Crippen LogP contribution in [0.5, 0.6) is 0 Å². The lowest BCUT2D eigenvalue weighted by Gasteiger charge is -2.12. The number of aliphatic hydroxyl groups is 1. The van der Waals surface area contributed by atoms with E-state index in [-0.39, 0.29) is 24.7 Å². The first-order valence-electron chi connectivity index (χ1n) is 8.77. The number of nitrogens with zero attached hydrogens (tertiary/aromatic N) is 4. The molecule has 10 heteroatoms. The molecule has 1 aromatic carbocycles. The fourth-order valence-corrected chi connectivity index (χ4v) is 3.44. The highest BCUT2D eigenvalue weighted by Gasteiger charge is 2.24. The summed E-state index contributed by atoms with van der Waals surface area (Å²) in [6, 6.07) is 10.3. The van der Waals surface area contributed by atoms with Crippen LogP contribution >= 0.6 is 11.3 Å². The summed E-state index contributed by atoms with van der Waals surface area (Å²) in [5.74, 6) is -0.246. The number of esters is 1. The van der Waals surface area contributed by atoms with E-state index in [4.69, 9.17) is 9.15 Å². The van der Waals surface area contributed by atoms with Gasteiger partial charge in [-0.05, 0) is 24.4 Å². The first-order valence-corrected chi connectivity index (χ1v) is 9.65. The van der Waals surface area contributed by atoms with Crippen molar-refractivity contribution in [2.45, 2.75) is 19.6 Å². The number of aliphatic hydroxyl groups excluding tert-OH is 1. The predicted octanol–water partition coefficient (Wildman–Crippen LogP) is 2.42. The minimum Gasteiger partial charge on any atom is -0.448 e. The summed E-state index contributed by atoms with van der Waals surface area (Å²) in [5, 5.41) is 23.8. The molecule has 0 aliphatic rings. The number of thiophene rings is 1. The van der Waals surface area contributed by atoms with Crippen LogP contribution in [0.15, 0.2) is 51.0 Å². The monoisotopic (exact) mass is 412 g/mol. The van der Waals surface area contributed by atoms with E-state index < -0.39 is 17.6 Å². The molecule has 1 atom stereocenters. The predicted molar refractivity (Wildman–Crippen MR) is 105 cm³/mol. The third-order valence-electron chi connectivity index (χ3n) is 4.18. The quantitative estimate of drug-likeness (QED) is 0.479. The van der Waals surface area contributed by atoms with Crippen molar-refractivity contribution >= 4 is 28.1 Å². The van der Waals surface area contributed by atoms with Gasteiger partial charge in [-0.3, -0.25) is 4.79 Å². The minimum absolute atomic E-state index is 0.0292. The van der Waals surface area contributed by atoms with Crippen LogP contribution in [-0.2, 0) is 11.3 Å². The number of rotatable bonds is 6. The highest BCUT2D eigenvalue weighted by molar-refractivity contribution is 7.13. The molecule has 0 spiro atoms. The molecule has 29 heavy (non-hydrogen) atoms. The van der Waals surface area contributed by atoms with Gasteiger partial charge in [-0.25, -0.2) is 9.48 Å². The second kappa shape index (κ2) is 7.94. The molecule has 0 saturated carbocycles. The third kappa shape index (κ3) is 3.67. The lowest BCUT2D eigenvalue weighted by atomic mass is 10.1. The van der Waals surface area contributed by atoms with Crippen LogP contribution in [-0.4, -0.2) is 37.7 Å². The minimum atomic E-state index is -0.817. The van der Waals surface area contributed by atoms with Crippen molar-refractivity contribution in [3.8, 4) is 10.8 Å². The molecule has 0 bridgehead atoms. The van der Waals surface area contributed by atoms with Crippen molar-refractivity contribution in [3.63, 3.8) is 0 Å². The van der Waals surface area contributed by atoms with Gasteiger partial charge in [0, 0.05) is 5.39 Å². The van der Waals surface area contributed by atoms with Gasteiger partial charge in [0.2, 0.25) is 0 Å². The Hall–Kier alpha value is -3.37. The van der Waals surface area contributed by atoms with Crippen molar-refractivity contribution in [1.29, 1.82) is 0 Å². The summed E-state index contributed by atoms with van der Waals surface area (Å²) in [4.78, 5) is 26.1. The molecule has 3 heterocycles. The van der Waals surface area contributed by atoms with Gasteiger partial charge >= 0.3 is 5.97 Å². The maximum atomic E-state index is 12.8. The van der Waals surface area contributed by atoms with Gasteiger partial charge in [0.15, 0.2) is 11.8 Å². The molecule has 0 unspecified atom stereocenters. The Morgan fingerprint density at radius 3 is 2.76 bits per heavy atom. The van der Waals surface area contributed by atoms with Crippen LogP contribution < -0.4 is 5.56 Å². The van der Waals surface area contributed by atoms with E-state index in [9.17, 15) is 14.7 Å². The highest BCUT2D eigenvalue weighted by atomic mass is 32.1. The first kappa shape index (κ1) is 19.0. The topological polar surface area (TPSA) is 120 Å². The number of carbonyl (C=O) groups excluding carboxylic acids is 1. The van der Waals surface area contributed by atoms with Gasteiger partial charge in [-0.2, -0.15) is 5.10 Å². The van der Waals surface area contributed by atoms with Crippen LogP contribution in [0.25, 0.3) is 21.5 Å². The van der Waals surface area contributed by atoms with Crippen LogP contribution in [0.1, 0.15) is 29.4 Å². The Bertz CT molecular complexity index is 1220. The molecule has 0 aliphatic heterocycles. The van der Waals surface area contributed by atoms with Crippen LogP contribution in [0, 0.1) is 0 Å². The van der Waals surface area contributed by atoms with E-state index in [1.165, 1.54) is 11.3 Å². The van der Waals surface area contributed by atoms with Crippen LogP contribution in [0.4, 0.5) is 0 Å². The Morgan fingerprint density at radius 1 is 1.24 bits per heavy atom. The van der Waals surface area contributed by atoms with Gasteiger partial charge in [0.05, 0.1) is 23.4 Å². The number of ether oxygens (including phenoxy) is 1. The lowest BCUT2D eigenvalue weighted by Crippen LogP contribution is -2.28. The molecule has 0 amide bonds. The van der Waals surface area contributed by atoms with E-state index in [0.29, 0.717) is 16.7 Å². The SMILES string of the molecule is C[C@H](OC(=O)c1nn(CCO)c(=O)c2ccccc12)c1nnc(-c2cccs2)o1. The molecule has 1 N–H and O–H groups in total. The van der Waals surface area contributed by atoms with Gasteiger partial charge < -0.3 is 14.3 Å². The molecular weight excluding hydrogens is 396 g/mol. The summed E-state index contributed by atoms with van der Waals surface area (Å²) in [6.45, 7) is 1.28. The van der Waals surface area contributed by atoms with E-state index in [2.05, 4.69) is 15.3 Å². The Balaban J connectivity index is 1.64. The normalized spacial score (nSPS) is 12.2. The number of hydrogen-bond donors (Lipinski definition) is 1. The average molecular weight is 412 g/mol. The van der Waals surface area contributed by atoms with Crippen LogP contribution in [0.2, 0.25) is 0 Å². The third-order valence-corrected chi connectivity index (χ3v) is 5.03. The number of hydrogen-bond acceptors (Lipinski definition) is 9. The smallest absolute Gasteiger partial charge is 0.360 e. The maximum absolute atomic E-state index is 12.8. The standard InChI is InChI=1S/C19H16N4O5S/c1-11(16-20-21-17(28-16)14-7-4-10-29-14)27-19(26)15-12-5-2-3-6-13(12)18(25)23(22-15)8-9-24/h2-7,10-11,24H,8-9H2,1H3/t11-/m0/s1. The van der Waals surface area contributed by atoms with E-state index in [1.54, 1.807) is 31.2 Å². The summed E-state index contributed by atoms with van der Waals surface area (Å²) in [5.41, 5.74) is -0.421. The van der Waals surface area contributed by atoms with E-state index in [1.807, 2.05) is 17.5 Å². The molecule has 0 radical (unpaired) electrons. The van der Waals surface area contributed by atoms with Crippen molar-refractivity contribution in [2.24, 2.45) is 0 Å². The summed E-state index contributed by atoms with van der Waals surface area (Å²) in [7, 11) is 0. The summed E-state index contributed by atoms with van der Waals surface area (Å²) >= 11 is 1.45. The zero-order valence-corrected chi connectivity index (χ0v) is 16.1. The van der Waals surface area contributed by atoms with Gasteiger partial charge in [-0.15, -0.1) is 21.5 Å². The molecule has 0 saturated heterocycles. The average Bonchev–Trinajstić information content (AvgIpc) is 3.42. The molecule has 4 rings (SSSR count). The second-order valence-electron chi connectivity index (χ2n) is 6.12. The van der Waals surface area contributed by atoms with E-state index in [0.717, 1.165) is 9.56 Å². The second-order valence-corrected chi connectivity index (χ2v) is 7.06. The fourth-order valence-electron chi connectivity index (χ4n) is 2.80. The van der Waals surface area contributed by atoms with E-state index >= 15 is 0 Å². The Labute approximate surface area is 168 Å². The molecule has 0 aliphatic carbocycles. The van der Waals surface area contributed by atoms with Gasteiger partial charge in [0.1, 0.15) is 0 Å². The fraction of sp³-hybridized carbons (Fsp3) is 0.211. The van der Waals surface area contributed by atoms with Gasteiger partial charge in [-0.1, -0.05) is 24.3 Å². The van der Waals surface area contributed by atoms with Crippen molar-refractivity contribution in [3.05, 3.63) is 63.7 Å². The molecule has 148 valence electrons. The molecule has 3 aromatic heterocycles.